The molecule has 1 amide bonds. The Labute approximate surface area is 118 Å². The number of hydrogen-bond donors (Lipinski definition) is 0. The van der Waals surface area contributed by atoms with Crippen molar-refractivity contribution in [1.29, 1.82) is 0 Å². The molecule has 0 aromatic heterocycles. The van der Waals surface area contributed by atoms with E-state index in [1.165, 1.54) is 0 Å². The van der Waals surface area contributed by atoms with Gasteiger partial charge in [0.25, 0.3) is 5.91 Å². The van der Waals surface area contributed by atoms with Crippen molar-refractivity contribution < 1.29 is 14.3 Å². The fourth-order valence-electron chi connectivity index (χ4n) is 3.38. The third-order valence-corrected chi connectivity index (χ3v) is 4.35. The van der Waals surface area contributed by atoms with Crippen LogP contribution in [0.3, 0.4) is 0 Å². The number of rotatable bonds is 1. The van der Waals surface area contributed by atoms with Gasteiger partial charge in [-0.15, -0.1) is 0 Å². The minimum Gasteiger partial charge on any atom is -0.485 e. The van der Waals surface area contributed by atoms with Crippen molar-refractivity contribution in [2.24, 2.45) is 0 Å². The Balaban J connectivity index is 1.55. The second kappa shape index (κ2) is 4.54. The van der Waals surface area contributed by atoms with Crippen molar-refractivity contribution in [3.05, 3.63) is 36.4 Å². The maximum Gasteiger partial charge on any atom is 0.268 e. The van der Waals surface area contributed by atoms with Crippen LogP contribution in [-0.2, 0) is 4.79 Å². The Morgan fingerprint density at radius 2 is 2.05 bits per heavy atom. The van der Waals surface area contributed by atoms with Crippen LogP contribution in [0.4, 0.5) is 0 Å². The van der Waals surface area contributed by atoms with Crippen LogP contribution in [0.5, 0.6) is 11.5 Å². The molecule has 20 heavy (non-hydrogen) atoms. The normalized spacial score (nSPS) is 30.4. The quantitative estimate of drug-likeness (QED) is 0.735. The van der Waals surface area contributed by atoms with Gasteiger partial charge in [0.2, 0.25) is 6.10 Å². The topological polar surface area (TPSA) is 38.8 Å². The summed E-state index contributed by atoms with van der Waals surface area (Å²) >= 11 is 0. The second-order valence-corrected chi connectivity index (χ2v) is 5.57. The first-order chi connectivity index (χ1) is 9.83. The van der Waals surface area contributed by atoms with E-state index in [0.717, 1.165) is 25.0 Å². The van der Waals surface area contributed by atoms with Crippen LogP contribution >= 0.6 is 0 Å². The lowest BCUT2D eigenvalue weighted by molar-refractivity contribution is -0.143. The van der Waals surface area contributed by atoms with Gasteiger partial charge in [0.1, 0.15) is 6.61 Å². The highest BCUT2D eigenvalue weighted by molar-refractivity contribution is 5.83. The first-order valence-electron chi connectivity index (χ1n) is 7.20. The van der Waals surface area contributed by atoms with E-state index in [1.807, 2.05) is 29.2 Å². The van der Waals surface area contributed by atoms with Gasteiger partial charge in [-0.3, -0.25) is 4.79 Å². The zero-order chi connectivity index (χ0) is 13.5. The average molecular weight is 271 g/mol. The molecule has 0 saturated carbocycles. The van der Waals surface area contributed by atoms with Crippen LogP contribution in [0.2, 0.25) is 0 Å². The minimum atomic E-state index is -0.514. The molecule has 4 nitrogen and oxygen atoms in total. The van der Waals surface area contributed by atoms with Crippen LogP contribution in [0.15, 0.2) is 36.4 Å². The van der Waals surface area contributed by atoms with Gasteiger partial charge in [-0.05, 0) is 31.4 Å². The minimum absolute atomic E-state index is 0.0661. The molecular weight excluding hydrogens is 254 g/mol. The zero-order valence-electron chi connectivity index (χ0n) is 11.2. The lowest BCUT2D eigenvalue weighted by atomic mass is 10.1. The molecule has 0 radical (unpaired) electrons. The van der Waals surface area contributed by atoms with Gasteiger partial charge in [-0.25, -0.2) is 0 Å². The van der Waals surface area contributed by atoms with Gasteiger partial charge in [-0.1, -0.05) is 24.3 Å². The predicted octanol–water partition coefficient (Wildman–Crippen LogP) is 2.15. The third-order valence-electron chi connectivity index (χ3n) is 4.35. The molecule has 3 aliphatic rings. The maximum absolute atomic E-state index is 12.7. The van der Waals surface area contributed by atoms with E-state index in [2.05, 4.69) is 12.2 Å². The number of hydrogen-bond acceptors (Lipinski definition) is 3. The molecule has 3 aliphatic heterocycles. The first kappa shape index (κ1) is 11.8. The van der Waals surface area contributed by atoms with E-state index in [1.54, 1.807) is 0 Å². The van der Waals surface area contributed by atoms with Gasteiger partial charge < -0.3 is 14.4 Å². The predicted molar refractivity (Wildman–Crippen MR) is 73.8 cm³/mol. The second-order valence-electron chi connectivity index (χ2n) is 5.57. The largest absolute Gasteiger partial charge is 0.485 e. The van der Waals surface area contributed by atoms with E-state index in [-0.39, 0.29) is 11.9 Å². The summed E-state index contributed by atoms with van der Waals surface area (Å²) in [5, 5.41) is 0. The van der Waals surface area contributed by atoms with Crippen molar-refractivity contribution in [1.82, 2.24) is 4.90 Å². The summed E-state index contributed by atoms with van der Waals surface area (Å²) in [5.74, 6) is 1.45. The molecule has 0 aliphatic carbocycles. The number of nitrogens with zero attached hydrogens (tertiary/aromatic N) is 1. The molecule has 4 heteroatoms. The summed E-state index contributed by atoms with van der Waals surface area (Å²) in [7, 11) is 0. The van der Waals surface area contributed by atoms with Crippen LogP contribution < -0.4 is 9.47 Å². The summed E-state index contributed by atoms with van der Waals surface area (Å²) in [6, 6.07) is 8.10. The molecule has 1 aromatic rings. The molecule has 0 N–H and O–H groups in total. The Morgan fingerprint density at radius 1 is 1.20 bits per heavy atom. The fraction of sp³-hybridized carbons (Fsp3) is 0.438. The van der Waals surface area contributed by atoms with Gasteiger partial charge in [0, 0.05) is 6.04 Å². The standard InChI is InChI=1S/C16H17NO3/c18-16(17-11-4-3-5-12(17)9-8-11)15-10-19-13-6-1-2-7-14(13)20-15/h1-4,6-7,11-12,15H,5,8-10H2. The SMILES string of the molecule is O=C(C1COc2ccccc2O1)N1C2C=CCC1CC2. The van der Waals surface area contributed by atoms with Gasteiger partial charge in [0.15, 0.2) is 11.5 Å². The smallest absolute Gasteiger partial charge is 0.268 e. The zero-order valence-corrected chi connectivity index (χ0v) is 11.2. The van der Waals surface area contributed by atoms with E-state index in [0.29, 0.717) is 18.4 Å². The number of amides is 1. The molecule has 3 atom stereocenters. The molecule has 2 bridgehead atoms. The summed E-state index contributed by atoms with van der Waals surface area (Å²) in [5.41, 5.74) is 0. The van der Waals surface area contributed by atoms with Crippen molar-refractivity contribution in [2.45, 2.75) is 37.5 Å². The molecule has 1 saturated heterocycles. The summed E-state index contributed by atoms with van der Waals surface area (Å²) in [6.45, 7) is 0.301. The Hall–Kier alpha value is -1.97. The average Bonchev–Trinajstić information content (AvgIpc) is 2.75. The first-order valence-corrected chi connectivity index (χ1v) is 7.20. The van der Waals surface area contributed by atoms with Crippen molar-refractivity contribution in [2.75, 3.05) is 6.61 Å². The summed E-state index contributed by atoms with van der Waals surface area (Å²) < 4.78 is 11.5. The summed E-state index contributed by atoms with van der Waals surface area (Å²) in [4.78, 5) is 14.7. The molecule has 104 valence electrons. The maximum atomic E-state index is 12.7. The van der Waals surface area contributed by atoms with E-state index >= 15 is 0 Å². The highest BCUT2D eigenvalue weighted by Gasteiger charge is 2.41. The number of fused-ring (bicyclic) bond motifs is 3. The van der Waals surface area contributed by atoms with Crippen LogP contribution in [-0.4, -0.2) is 35.6 Å². The highest BCUT2D eigenvalue weighted by Crippen LogP contribution is 2.35. The number of carbonyl (C=O) groups is 1. The van der Waals surface area contributed by atoms with Crippen molar-refractivity contribution in [3.8, 4) is 11.5 Å². The molecule has 1 fully saturated rings. The lowest BCUT2D eigenvalue weighted by Crippen LogP contribution is -2.51. The van der Waals surface area contributed by atoms with Crippen LogP contribution in [0, 0.1) is 0 Å². The Morgan fingerprint density at radius 3 is 2.90 bits per heavy atom. The number of carbonyl (C=O) groups excluding carboxylic acids is 1. The fourth-order valence-corrected chi connectivity index (χ4v) is 3.38. The summed E-state index contributed by atoms with van der Waals surface area (Å²) in [6.07, 6.45) is 6.95. The molecule has 1 aromatic carbocycles. The van der Waals surface area contributed by atoms with Gasteiger partial charge in [0.05, 0.1) is 6.04 Å². The molecule has 0 spiro atoms. The van der Waals surface area contributed by atoms with Crippen LogP contribution in [0.1, 0.15) is 19.3 Å². The molecule has 3 heterocycles. The number of para-hydroxylation sites is 2. The molecule has 4 rings (SSSR count). The highest BCUT2D eigenvalue weighted by atomic mass is 16.6. The Bertz CT molecular complexity index is 569. The molecular formula is C16H17NO3. The van der Waals surface area contributed by atoms with E-state index in [9.17, 15) is 4.79 Å². The Kier molecular flexibility index (Phi) is 2.69. The van der Waals surface area contributed by atoms with Gasteiger partial charge in [-0.2, -0.15) is 0 Å². The monoisotopic (exact) mass is 271 g/mol. The lowest BCUT2D eigenvalue weighted by Gasteiger charge is -2.35. The van der Waals surface area contributed by atoms with Crippen LogP contribution in [0.25, 0.3) is 0 Å². The van der Waals surface area contributed by atoms with E-state index < -0.39 is 6.10 Å². The molecule has 3 unspecified atom stereocenters. The van der Waals surface area contributed by atoms with E-state index in [4.69, 9.17) is 9.47 Å². The number of ether oxygens (including phenoxy) is 2. The third kappa shape index (κ3) is 1.79. The number of benzene rings is 1. The van der Waals surface area contributed by atoms with Crippen molar-refractivity contribution in [3.63, 3.8) is 0 Å². The van der Waals surface area contributed by atoms with Gasteiger partial charge >= 0.3 is 0 Å². The van der Waals surface area contributed by atoms with Crippen molar-refractivity contribution >= 4 is 5.91 Å².